The van der Waals surface area contributed by atoms with E-state index < -0.39 is 5.97 Å². The minimum atomic E-state index is -0.992. The van der Waals surface area contributed by atoms with Gasteiger partial charge in [-0.1, -0.05) is 18.2 Å². The molecule has 2 heterocycles. The Morgan fingerprint density at radius 1 is 1.14 bits per heavy atom. The lowest BCUT2D eigenvalue weighted by molar-refractivity contribution is 0.0697. The first-order valence-electron chi connectivity index (χ1n) is 6.47. The Morgan fingerprint density at radius 2 is 1.90 bits per heavy atom. The number of aromatic carboxylic acids is 1. The molecular weight excluding hydrogens is 266 g/mol. The average molecular weight is 279 g/mol. The molecule has 1 aromatic carbocycles. The highest BCUT2D eigenvalue weighted by Crippen LogP contribution is 2.26. The van der Waals surface area contributed by atoms with Gasteiger partial charge in [0.25, 0.3) is 0 Å². The van der Waals surface area contributed by atoms with Crippen LogP contribution in [0.3, 0.4) is 0 Å². The van der Waals surface area contributed by atoms with Gasteiger partial charge in [0.05, 0.1) is 11.4 Å². The molecular formula is C16H13N3O2. The van der Waals surface area contributed by atoms with E-state index in [2.05, 4.69) is 10.1 Å². The van der Waals surface area contributed by atoms with Crippen LogP contribution in [0.25, 0.3) is 16.9 Å². The van der Waals surface area contributed by atoms with E-state index in [9.17, 15) is 9.90 Å². The summed E-state index contributed by atoms with van der Waals surface area (Å²) in [6, 6.07) is 13.0. The third-order valence-electron chi connectivity index (χ3n) is 3.27. The van der Waals surface area contributed by atoms with Crippen LogP contribution in [0, 0.1) is 6.92 Å². The third-order valence-corrected chi connectivity index (χ3v) is 3.27. The van der Waals surface area contributed by atoms with Gasteiger partial charge in [-0.05, 0) is 31.2 Å². The fourth-order valence-corrected chi connectivity index (χ4v) is 2.28. The fourth-order valence-electron chi connectivity index (χ4n) is 2.28. The Hall–Kier alpha value is -2.95. The van der Waals surface area contributed by atoms with Crippen LogP contribution in [0.2, 0.25) is 0 Å². The van der Waals surface area contributed by atoms with E-state index in [-0.39, 0.29) is 5.56 Å². The minimum Gasteiger partial charge on any atom is -0.478 e. The average Bonchev–Trinajstić information content (AvgIpc) is 2.87. The lowest BCUT2D eigenvalue weighted by atomic mass is 10.1. The zero-order chi connectivity index (χ0) is 14.8. The highest BCUT2D eigenvalue weighted by atomic mass is 16.4. The first-order valence-corrected chi connectivity index (χ1v) is 6.47. The second-order valence-electron chi connectivity index (χ2n) is 4.60. The number of carboxylic acids is 1. The predicted octanol–water partition coefficient (Wildman–Crippen LogP) is 2.94. The smallest absolute Gasteiger partial charge is 0.339 e. The Labute approximate surface area is 121 Å². The maximum absolute atomic E-state index is 11.6. The molecule has 0 bridgehead atoms. The molecule has 0 saturated heterocycles. The van der Waals surface area contributed by atoms with Crippen molar-refractivity contribution in [2.24, 2.45) is 0 Å². The molecule has 0 aliphatic carbocycles. The number of carboxylic acid groups (broad SMARTS) is 1. The topological polar surface area (TPSA) is 68.0 Å². The highest BCUT2D eigenvalue weighted by Gasteiger charge is 2.22. The number of hydrogen-bond acceptors (Lipinski definition) is 3. The van der Waals surface area contributed by atoms with Gasteiger partial charge in [-0.3, -0.25) is 4.98 Å². The molecule has 0 fully saturated rings. The number of aromatic nitrogens is 3. The summed E-state index contributed by atoms with van der Waals surface area (Å²) in [7, 11) is 0. The summed E-state index contributed by atoms with van der Waals surface area (Å²) in [4.78, 5) is 15.6. The first kappa shape index (κ1) is 13.1. The van der Waals surface area contributed by atoms with Crippen molar-refractivity contribution in [3.63, 3.8) is 0 Å². The van der Waals surface area contributed by atoms with Crippen LogP contribution >= 0.6 is 0 Å². The molecule has 0 radical (unpaired) electrons. The quantitative estimate of drug-likeness (QED) is 0.800. The molecule has 0 unspecified atom stereocenters. The SMILES string of the molecule is Cc1c(C(=O)O)c(-c2cccnc2)nn1-c1ccccc1. The van der Waals surface area contributed by atoms with Gasteiger partial charge in [0.1, 0.15) is 11.3 Å². The molecule has 0 aliphatic rings. The summed E-state index contributed by atoms with van der Waals surface area (Å²) in [5.74, 6) is -0.992. The lowest BCUT2D eigenvalue weighted by Gasteiger charge is -2.03. The van der Waals surface area contributed by atoms with Crippen LogP contribution in [0.1, 0.15) is 16.1 Å². The number of hydrogen-bond donors (Lipinski definition) is 1. The van der Waals surface area contributed by atoms with E-state index in [0.29, 0.717) is 17.0 Å². The van der Waals surface area contributed by atoms with Gasteiger partial charge >= 0.3 is 5.97 Å². The van der Waals surface area contributed by atoms with Gasteiger partial charge in [0.2, 0.25) is 0 Å². The van der Waals surface area contributed by atoms with Crippen molar-refractivity contribution >= 4 is 5.97 Å². The van der Waals surface area contributed by atoms with E-state index >= 15 is 0 Å². The van der Waals surface area contributed by atoms with Crippen LogP contribution in [-0.4, -0.2) is 25.8 Å². The lowest BCUT2D eigenvalue weighted by Crippen LogP contribution is -2.02. The number of nitrogens with zero attached hydrogens (tertiary/aromatic N) is 3. The van der Waals surface area contributed by atoms with Crippen LogP contribution in [0.15, 0.2) is 54.9 Å². The Bertz CT molecular complexity index is 780. The van der Waals surface area contributed by atoms with Gasteiger partial charge in [-0.25, -0.2) is 9.48 Å². The van der Waals surface area contributed by atoms with E-state index in [0.717, 1.165) is 5.69 Å². The van der Waals surface area contributed by atoms with Gasteiger partial charge in [-0.2, -0.15) is 5.10 Å². The van der Waals surface area contributed by atoms with Crippen molar-refractivity contribution in [1.82, 2.24) is 14.8 Å². The molecule has 104 valence electrons. The molecule has 5 nitrogen and oxygen atoms in total. The van der Waals surface area contributed by atoms with Crippen LogP contribution < -0.4 is 0 Å². The van der Waals surface area contributed by atoms with Gasteiger partial charge < -0.3 is 5.11 Å². The summed E-state index contributed by atoms with van der Waals surface area (Å²) in [5.41, 5.74) is 2.73. The molecule has 3 aromatic rings. The van der Waals surface area contributed by atoms with Crippen molar-refractivity contribution in [2.45, 2.75) is 6.92 Å². The Balaban J connectivity index is 2.24. The van der Waals surface area contributed by atoms with E-state index in [1.54, 1.807) is 36.1 Å². The summed E-state index contributed by atoms with van der Waals surface area (Å²) >= 11 is 0. The molecule has 0 atom stereocenters. The fraction of sp³-hybridized carbons (Fsp3) is 0.0625. The van der Waals surface area contributed by atoms with Gasteiger partial charge in [-0.15, -0.1) is 0 Å². The van der Waals surface area contributed by atoms with E-state index in [4.69, 9.17) is 0 Å². The maximum Gasteiger partial charge on any atom is 0.339 e. The molecule has 1 N–H and O–H groups in total. The maximum atomic E-state index is 11.6. The molecule has 0 saturated carbocycles. The summed E-state index contributed by atoms with van der Waals surface area (Å²) in [6.45, 7) is 1.75. The second kappa shape index (κ2) is 5.20. The van der Waals surface area contributed by atoms with Crippen molar-refractivity contribution in [3.8, 4) is 16.9 Å². The largest absolute Gasteiger partial charge is 0.478 e. The van der Waals surface area contributed by atoms with Gasteiger partial charge in [0.15, 0.2) is 0 Å². The Kier molecular flexibility index (Phi) is 3.23. The van der Waals surface area contributed by atoms with Crippen LogP contribution in [0.5, 0.6) is 0 Å². The number of rotatable bonds is 3. The van der Waals surface area contributed by atoms with Crippen molar-refractivity contribution < 1.29 is 9.90 Å². The molecule has 2 aromatic heterocycles. The third kappa shape index (κ3) is 2.29. The second-order valence-corrected chi connectivity index (χ2v) is 4.60. The first-order chi connectivity index (χ1) is 10.2. The standard InChI is InChI=1S/C16H13N3O2/c1-11-14(16(20)21)15(12-6-5-9-17-10-12)18-19(11)13-7-3-2-4-8-13/h2-10H,1H3,(H,20,21). The zero-order valence-corrected chi connectivity index (χ0v) is 11.4. The monoisotopic (exact) mass is 279 g/mol. The zero-order valence-electron chi connectivity index (χ0n) is 11.4. The molecule has 0 spiro atoms. The number of pyridine rings is 1. The van der Waals surface area contributed by atoms with Crippen LogP contribution in [-0.2, 0) is 0 Å². The molecule has 0 amide bonds. The molecule has 21 heavy (non-hydrogen) atoms. The van der Waals surface area contributed by atoms with Crippen molar-refractivity contribution in [1.29, 1.82) is 0 Å². The van der Waals surface area contributed by atoms with E-state index in [1.165, 1.54) is 0 Å². The van der Waals surface area contributed by atoms with Crippen LogP contribution in [0.4, 0.5) is 0 Å². The normalized spacial score (nSPS) is 10.5. The molecule has 3 rings (SSSR count). The number of carbonyl (C=O) groups is 1. The van der Waals surface area contributed by atoms with Crippen molar-refractivity contribution in [3.05, 3.63) is 66.1 Å². The molecule has 5 heteroatoms. The summed E-state index contributed by atoms with van der Waals surface area (Å²) < 4.78 is 1.64. The van der Waals surface area contributed by atoms with E-state index in [1.807, 2.05) is 30.3 Å². The van der Waals surface area contributed by atoms with Crippen molar-refractivity contribution in [2.75, 3.05) is 0 Å². The number of para-hydroxylation sites is 1. The molecule has 0 aliphatic heterocycles. The summed E-state index contributed by atoms with van der Waals surface area (Å²) in [6.07, 6.45) is 3.26. The summed E-state index contributed by atoms with van der Waals surface area (Å²) in [5, 5.41) is 14.0. The minimum absolute atomic E-state index is 0.201. The highest BCUT2D eigenvalue weighted by molar-refractivity contribution is 5.96. The predicted molar refractivity (Wildman–Crippen MR) is 78.5 cm³/mol. The number of benzene rings is 1. The van der Waals surface area contributed by atoms with Gasteiger partial charge in [0, 0.05) is 18.0 Å². The Morgan fingerprint density at radius 3 is 2.52 bits per heavy atom.